The van der Waals surface area contributed by atoms with E-state index in [1.165, 1.54) is 0 Å². The summed E-state index contributed by atoms with van der Waals surface area (Å²) >= 11 is 0. The Labute approximate surface area is 85.3 Å². The predicted octanol–water partition coefficient (Wildman–Crippen LogP) is -0.406. The SMILES string of the molecule is CCC(NC)(C(=O)O)C(C)(NC)NC. The van der Waals surface area contributed by atoms with Crippen LogP contribution in [0.2, 0.25) is 0 Å². The van der Waals surface area contributed by atoms with Gasteiger partial charge in [-0.3, -0.25) is 4.79 Å². The van der Waals surface area contributed by atoms with E-state index in [4.69, 9.17) is 0 Å². The third-order valence-corrected chi connectivity index (χ3v) is 3.18. The molecule has 0 saturated carbocycles. The highest BCUT2D eigenvalue weighted by Gasteiger charge is 2.50. The standard InChI is InChI=1S/C9H21N3O2/c1-6-9(12-5,7(13)14)8(2,10-3)11-4/h10-12H,6H2,1-5H3,(H,13,14). The Bertz CT molecular complexity index is 198. The summed E-state index contributed by atoms with van der Waals surface area (Å²) in [4.78, 5) is 11.3. The van der Waals surface area contributed by atoms with Gasteiger partial charge in [0.2, 0.25) is 0 Å². The first-order chi connectivity index (χ1) is 6.44. The van der Waals surface area contributed by atoms with Crippen LogP contribution < -0.4 is 16.0 Å². The van der Waals surface area contributed by atoms with Crippen LogP contribution in [0.3, 0.4) is 0 Å². The van der Waals surface area contributed by atoms with Crippen molar-refractivity contribution in [1.29, 1.82) is 0 Å². The summed E-state index contributed by atoms with van der Waals surface area (Å²) in [7, 11) is 5.13. The minimum absolute atomic E-state index is 0.483. The summed E-state index contributed by atoms with van der Waals surface area (Å²) in [6, 6.07) is 0. The topological polar surface area (TPSA) is 73.4 Å². The molecule has 14 heavy (non-hydrogen) atoms. The molecule has 0 aromatic carbocycles. The number of likely N-dealkylation sites (N-methyl/N-ethyl adjacent to an activating group) is 3. The maximum atomic E-state index is 11.3. The fraction of sp³-hybridized carbons (Fsp3) is 0.889. The van der Waals surface area contributed by atoms with E-state index in [1.807, 2.05) is 13.8 Å². The van der Waals surface area contributed by atoms with Gasteiger partial charge in [0.15, 0.2) is 0 Å². The molecule has 0 aromatic heterocycles. The van der Waals surface area contributed by atoms with Crippen LogP contribution in [0.5, 0.6) is 0 Å². The first kappa shape index (κ1) is 13.4. The number of carboxylic acid groups (broad SMARTS) is 1. The number of hydrogen-bond donors (Lipinski definition) is 4. The van der Waals surface area contributed by atoms with E-state index in [-0.39, 0.29) is 0 Å². The smallest absolute Gasteiger partial charge is 0.327 e. The Morgan fingerprint density at radius 2 is 1.64 bits per heavy atom. The van der Waals surface area contributed by atoms with E-state index < -0.39 is 17.2 Å². The molecule has 5 heteroatoms. The van der Waals surface area contributed by atoms with Crippen LogP contribution in [-0.4, -0.2) is 43.4 Å². The molecular weight excluding hydrogens is 182 g/mol. The van der Waals surface area contributed by atoms with Gasteiger partial charge in [-0.05, 0) is 34.5 Å². The first-order valence-electron chi connectivity index (χ1n) is 4.74. The maximum Gasteiger partial charge on any atom is 0.327 e. The average Bonchev–Trinajstić information content (AvgIpc) is 2.19. The van der Waals surface area contributed by atoms with Crippen molar-refractivity contribution in [2.24, 2.45) is 0 Å². The fourth-order valence-corrected chi connectivity index (χ4v) is 1.80. The molecule has 0 spiro atoms. The molecule has 1 atom stereocenters. The second kappa shape index (κ2) is 4.72. The molecule has 0 heterocycles. The molecule has 0 saturated heterocycles. The third kappa shape index (κ3) is 1.75. The van der Waals surface area contributed by atoms with Crippen molar-refractivity contribution in [1.82, 2.24) is 16.0 Å². The molecule has 0 aliphatic carbocycles. The van der Waals surface area contributed by atoms with E-state index >= 15 is 0 Å². The summed E-state index contributed by atoms with van der Waals surface area (Å²) < 4.78 is 0. The molecule has 1 unspecified atom stereocenters. The molecule has 5 nitrogen and oxygen atoms in total. The highest BCUT2D eigenvalue weighted by Crippen LogP contribution is 2.23. The van der Waals surface area contributed by atoms with Gasteiger partial charge in [-0.25, -0.2) is 0 Å². The van der Waals surface area contributed by atoms with Crippen molar-refractivity contribution < 1.29 is 9.90 Å². The Hall–Kier alpha value is -0.650. The Morgan fingerprint density at radius 1 is 1.21 bits per heavy atom. The van der Waals surface area contributed by atoms with Gasteiger partial charge in [0.25, 0.3) is 0 Å². The van der Waals surface area contributed by atoms with Crippen molar-refractivity contribution >= 4 is 5.97 Å². The zero-order valence-corrected chi connectivity index (χ0v) is 9.56. The monoisotopic (exact) mass is 203 g/mol. The largest absolute Gasteiger partial charge is 0.480 e. The Balaban J connectivity index is 5.25. The summed E-state index contributed by atoms with van der Waals surface area (Å²) in [5.74, 6) is -0.867. The molecule has 84 valence electrons. The van der Waals surface area contributed by atoms with Crippen LogP contribution in [0.1, 0.15) is 20.3 Å². The van der Waals surface area contributed by atoms with Gasteiger partial charge in [0.05, 0.1) is 5.66 Å². The van der Waals surface area contributed by atoms with Crippen molar-refractivity contribution in [3.8, 4) is 0 Å². The van der Waals surface area contributed by atoms with E-state index in [0.717, 1.165) is 0 Å². The molecule has 0 fully saturated rings. The van der Waals surface area contributed by atoms with E-state index in [9.17, 15) is 9.90 Å². The van der Waals surface area contributed by atoms with Crippen molar-refractivity contribution in [2.45, 2.75) is 31.5 Å². The van der Waals surface area contributed by atoms with Gasteiger partial charge < -0.3 is 21.1 Å². The number of carbonyl (C=O) groups is 1. The van der Waals surface area contributed by atoms with Crippen molar-refractivity contribution in [3.05, 3.63) is 0 Å². The van der Waals surface area contributed by atoms with Crippen molar-refractivity contribution in [3.63, 3.8) is 0 Å². The third-order valence-electron chi connectivity index (χ3n) is 3.18. The van der Waals surface area contributed by atoms with Gasteiger partial charge in [-0.1, -0.05) is 6.92 Å². The number of nitrogens with one attached hydrogen (secondary N) is 3. The summed E-state index contributed by atoms with van der Waals surface area (Å²) in [6.45, 7) is 3.67. The summed E-state index contributed by atoms with van der Waals surface area (Å²) in [6.07, 6.45) is 0.483. The van der Waals surface area contributed by atoms with E-state index in [0.29, 0.717) is 6.42 Å². The molecule has 0 aliphatic rings. The Kier molecular flexibility index (Phi) is 4.51. The summed E-state index contributed by atoms with van der Waals surface area (Å²) in [5, 5.41) is 18.2. The van der Waals surface area contributed by atoms with Crippen molar-refractivity contribution in [2.75, 3.05) is 21.1 Å². The second-order valence-corrected chi connectivity index (χ2v) is 3.44. The normalized spacial score (nSPS) is 16.4. The van der Waals surface area contributed by atoms with Gasteiger partial charge in [0, 0.05) is 0 Å². The van der Waals surface area contributed by atoms with Crippen LogP contribution in [0, 0.1) is 0 Å². The highest BCUT2D eigenvalue weighted by molar-refractivity contribution is 5.80. The molecule has 0 aliphatic heterocycles. The van der Waals surface area contributed by atoms with Gasteiger partial charge in [0.1, 0.15) is 5.54 Å². The van der Waals surface area contributed by atoms with Gasteiger partial charge >= 0.3 is 5.97 Å². The second-order valence-electron chi connectivity index (χ2n) is 3.44. The first-order valence-corrected chi connectivity index (χ1v) is 4.74. The van der Waals surface area contributed by atoms with E-state index in [1.54, 1.807) is 21.1 Å². The number of aliphatic carboxylic acids is 1. The quantitative estimate of drug-likeness (QED) is 0.442. The van der Waals surface area contributed by atoms with Crippen LogP contribution in [-0.2, 0) is 4.79 Å². The molecule has 0 radical (unpaired) electrons. The molecular formula is C9H21N3O2. The summed E-state index contributed by atoms with van der Waals surface area (Å²) in [5.41, 5.74) is -1.71. The average molecular weight is 203 g/mol. The molecule has 0 aromatic rings. The minimum Gasteiger partial charge on any atom is -0.480 e. The predicted molar refractivity (Wildman–Crippen MR) is 56.2 cm³/mol. The number of hydrogen-bond acceptors (Lipinski definition) is 4. The highest BCUT2D eigenvalue weighted by atomic mass is 16.4. The van der Waals surface area contributed by atoms with E-state index in [2.05, 4.69) is 16.0 Å². The zero-order valence-electron chi connectivity index (χ0n) is 9.56. The van der Waals surface area contributed by atoms with Crippen LogP contribution in [0.25, 0.3) is 0 Å². The van der Waals surface area contributed by atoms with Crippen LogP contribution in [0.15, 0.2) is 0 Å². The number of carboxylic acids is 1. The molecule has 4 N–H and O–H groups in total. The molecule has 0 rings (SSSR count). The van der Waals surface area contributed by atoms with Crippen LogP contribution >= 0.6 is 0 Å². The molecule has 0 amide bonds. The lowest BCUT2D eigenvalue weighted by Gasteiger charge is -2.44. The minimum atomic E-state index is -1.02. The fourth-order valence-electron chi connectivity index (χ4n) is 1.80. The molecule has 0 bridgehead atoms. The van der Waals surface area contributed by atoms with Gasteiger partial charge in [-0.15, -0.1) is 0 Å². The Morgan fingerprint density at radius 3 is 1.71 bits per heavy atom. The lowest BCUT2D eigenvalue weighted by Crippen LogP contribution is -2.75. The number of rotatable bonds is 6. The maximum absolute atomic E-state index is 11.3. The lowest BCUT2D eigenvalue weighted by atomic mass is 9.82. The zero-order chi connectivity index (χ0) is 11.4. The van der Waals surface area contributed by atoms with Crippen LogP contribution in [0.4, 0.5) is 0 Å². The lowest BCUT2D eigenvalue weighted by molar-refractivity contribution is -0.149. The van der Waals surface area contributed by atoms with Gasteiger partial charge in [-0.2, -0.15) is 0 Å².